The number of rotatable bonds is 5. The van der Waals surface area contributed by atoms with Crippen LogP contribution in [0.3, 0.4) is 0 Å². The van der Waals surface area contributed by atoms with E-state index in [0.29, 0.717) is 26.0 Å². The third kappa shape index (κ3) is 4.15. The number of aliphatic hydroxyl groups is 1. The van der Waals surface area contributed by atoms with Crippen molar-refractivity contribution < 1.29 is 24.5 Å². The van der Waals surface area contributed by atoms with Gasteiger partial charge in [-0.3, -0.25) is 0 Å². The number of hydrogen-bond acceptors (Lipinski definition) is 4. The molecule has 18 heavy (non-hydrogen) atoms. The minimum atomic E-state index is -1.03. The fourth-order valence-corrected chi connectivity index (χ4v) is 1.80. The summed E-state index contributed by atoms with van der Waals surface area (Å²) in [6.07, 6.45) is 0.688. The molecule has 1 aliphatic rings. The fourth-order valence-electron chi connectivity index (χ4n) is 1.80. The van der Waals surface area contributed by atoms with Crippen LogP contribution in [0.2, 0.25) is 0 Å². The predicted octanol–water partition coefficient (Wildman–Crippen LogP) is -0.358. The Morgan fingerprint density at radius 1 is 1.56 bits per heavy atom. The molecule has 0 spiro atoms. The Kier molecular flexibility index (Phi) is 5.87. The highest BCUT2D eigenvalue weighted by atomic mass is 16.5. The van der Waals surface area contributed by atoms with Gasteiger partial charge in [-0.25, -0.2) is 9.59 Å². The molecule has 0 aliphatic carbocycles. The van der Waals surface area contributed by atoms with E-state index in [1.165, 1.54) is 4.90 Å². The van der Waals surface area contributed by atoms with Gasteiger partial charge in [0.05, 0.1) is 25.9 Å². The van der Waals surface area contributed by atoms with Gasteiger partial charge in [-0.05, 0) is 6.42 Å². The smallest absolute Gasteiger partial charge is 0.326 e. The third-order valence-corrected chi connectivity index (χ3v) is 2.80. The van der Waals surface area contributed by atoms with Gasteiger partial charge in [-0.1, -0.05) is 13.3 Å². The monoisotopic (exact) mass is 260 g/mol. The van der Waals surface area contributed by atoms with E-state index in [9.17, 15) is 9.59 Å². The van der Waals surface area contributed by atoms with Crippen molar-refractivity contribution in [2.24, 2.45) is 0 Å². The molecule has 0 aromatic heterocycles. The van der Waals surface area contributed by atoms with Crippen molar-refractivity contribution >= 4 is 12.0 Å². The Balaban J connectivity index is 2.50. The molecule has 1 rings (SSSR count). The first-order chi connectivity index (χ1) is 8.58. The number of carboxylic acids is 1. The molecule has 2 amide bonds. The summed E-state index contributed by atoms with van der Waals surface area (Å²) >= 11 is 0. The van der Waals surface area contributed by atoms with Crippen LogP contribution in [0.1, 0.15) is 19.8 Å². The zero-order chi connectivity index (χ0) is 13.5. The van der Waals surface area contributed by atoms with Crippen molar-refractivity contribution in [1.82, 2.24) is 10.2 Å². The molecule has 0 bridgehead atoms. The average Bonchev–Trinajstić information content (AvgIpc) is 2.38. The highest BCUT2D eigenvalue weighted by Gasteiger charge is 2.26. The fraction of sp³-hybridized carbons (Fsp3) is 0.818. The van der Waals surface area contributed by atoms with Gasteiger partial charge in [0.15, 0.2) is 0 Å². The van der Waals surface area contributed by atoms with Gasteiger partial charge in [0.1, 0.15) is 6.04 Å². The maximum Gasteiger partial charge on any atom is 0.326 e. The number of amides is 2. The van der Waals surface area contributed by atoms with E-state index in [4.69, 9.17) is 14.9 Å². The molecule has 0 saturated carbocycles. The van der Waals surface area contributed by atoms with Crippen LogP contribution in [-0.2, 0) is 9.53 Å². The zero-order valence-electron chi connectivity index (χ0n) is 10.5. The molecule has 0 radical (unpaired) electrons. The largest absolute Gasteiger partial charge is 0.480 e. The van der Waals surface area contributed by atoms with Crippen molar-refractivity contribution in [3.8, 4) is 0 Å². The van der Waals surface area contributed by atoms with Crippen LogP contribution in [0.25, 0.3) is 0 Å². The summed E-state index contributed by atoms with van der Waals surface area (Å²) in [6, 6.07) is -1.28. The van der Waals surface area contributed by atoms with E-state index in [-0.39, 0.29) is 19.3 Å². The van der Waals surface area contributed by atoms with Gasteiger partial charge in [-0.2, -0.15) is 0 Å². The van der Waals surface area contributed by atoms with Crippen molar-refractivity contribution in [2.75, 3.05) is 26.3 Å². The normalized spacial score (nSPS) is 21.4. The predicted molar refractivity (Wildman–Crippen MR) is 63.3 cm³/mol. The van der Waals surface area contributed by atoms with Crippen molar-refractivity contribution in [1.29, 1.82) is 0 Å². The number of aliphatic hydroxyl groups excluding tert-OH is 1. The van der Waals surface area contributed by atoms with Crippen LogP contribution in [0.15, 0.2) is 0 Å². The van der Waals surface area contributed by atoms with Gasteiger partial charge in [0.25, 0.3) is 0 Å². The molecule has 1 saturated heterocycles. The van der Waals surface area contributed by atoms with E-state index < -0.39 is 18.0 Å². The maximum absolute atomic E-state index is 11.9. The number of hydrogen-bond donors (Lipinski definition) is 3. The molecule has 2 unspecified atom stereocenters. The number of ether oxygens (including phenoxy) is 1. The highest BCUT2D eigenvalue weighted by molar-refractivity contribution is 5.82. The minimum Gasteiger partial charge on any atom is -0.480 e. The molecule has 1 heterocycles. The first kappa shape index (κ1) is 14.7. The lowest BCUT2D eigenvalue weighted by atomic mass is 10.2. The number of nitrogens with zero attached hydrogens (tertiary/aromatic N) is 1. The molecular weight excluding hydrogens is 240 g/mol. The van der Waals surface area contributed by atoms with E-state index in [2.05, 4.69) is 5.32 Å². The van der Waals surface area contributed by atoms with Gasteiger partial charge in [-0.15, -0.1) is 0 Å². The molecule has 0 aromatic carbocycles. The summed E-state index contributed by atoms with van der Waals surface area (Å²) in [5.74, 6) is -1.03. The van der Waals surface area contributed by atoms with Crippen LogP contribution in [0.4, 0.5) is 4.79 Å². The lowest BCUT2D eigenvalue weighted by Gasteiger charge is -2.32. The topological polar surface area (TPSA) is 99.1 Å². The zero-order valence-corrected chi connectivity index (χ0v) is 10.5. The lowest BCUT2D eigenvalue weighted by molar-refractivity contribution is -0.139. The molecule has 2 atom stereocenters. The van der Waals surface area contributed by atoms with Crippen LogP contribution in [0.5, 0.6) is 0 Å². The quantitative estimate of drug-likeness (QED) is 0.627. The second-order valence-corrected chi connectivity index (χ2v) is 4.25. The van der Waals surface area contributed by atoms with E-state index in [1.807, 2.05) is 6.92 Å². The van der Waals surface area contributed by atoms with Gasteiger partial charge < -0.3 is 25.2 Å². The van der Waals surface area contributed by atoms with Crippen LogP contribution in [-0.4, -0.2) is 65.6 Å². The van der Waals surface area contributed by atoms with E-state index in [1.54, 1.807) is 0 Å². The highest BCUT2D eigenvalue weighted by Crippen LogP contribution is 2.06. The third-order valence-electron chi connectivity index (χ3n) is 2.80. The summed E-state index contributed by atoms with van der Waals surface area (Å²) in [4.78, 5) is 24.3. The Bertz CT molecular complexity index is 297. The molecule has 1 fully saturated rings. The first-order valence-electron chi connectivity index (χ1n) is 6.09. The SMILES string of the molecule is CCCC(NC(=O)N1CCOC(CO)C1)C(=O)O. The second kappa shape index (κ2) is 7.17. The Hall–Kier alpha value is -1.34. The molecule has 3 N–H and O–H groups in total. The average molecular weight is 260 g/mol. The molecule has 1 aliphatic heterocycles. The standard InChI is InChI=1S/C11H20N2O5/c1-2-3-9(10(15)16)12-11(17)13-4-5-18-8(6-13)7-14/h8-9,14H,2-7H2,1H3,(H,12,17)(H,15,16). The maximum atomic E-state index is 11.9. The number of urea groups is 1. The number of carboxylic acid groups (broad SMARTS) is 1. The van der Waals surface area contributed by atoms with E-state index >= 15 is 0 Å². The molecular formula is C11H20N2O5. The summed E-state index contributed by atoms with van der Waals surface area (Å²) < 4.78 is 5.22. The van der Waals surface area contributed by atoms with Crippen LogP contribution >= 0.6 is 0 Å². The van der Waals surface area contributed by atoms with E-state index in [0.717, 1.165) is 0 Å². The molecule has 7 heteroatoms. The summed E-state index contributed by atoms with van der Waals surface area (Å²) in [5, 5.41) is 20.4. The summed E-state index contributed by atoms with van der Waals surface area (Å²) in [5.41, 5.74) is 0. The van der Waals surface area contributed by atoms with Crippen molar-refractivity contribution in [3.63, 3.8) is 0 Å². The number of aliphatic carboxylic acids is 1. The van der Waals surface area contributed by atoms with Gasteiger partial charge in [0.2, 0.25) is 0 Å². The Morgan fingerprint density at radius 3 is 2.83 bits per heavy atom. The van der Waals surface area contributed by atoms with Crippen LogP contribution < -0.4 is 5.32 Å². The second-order valence-electron chi connectivity index (χ2n) is 4.25. The van der Waals surface area contributed by atoms with Crippen molar-refractivity contribution in [3.05, 3.63) is 0 Å². The molecule has 0 aromatic rings. The number of nitrogens with one attached hydrogen (secondary N) is 1. The summed E-state index contributed by atoms with van der Waals surface area (Å²) in [6.45, 7) is 2.74. The molecule has 7 nitrogen and oxygen atoms in total. The first-order valence-corrected chi connectivity index (χ1v) is 6.09. The van der Waals surface area contributed by atoms with Crippen molar-refractivity contribution in [2.45, 2.75) is 31.9 Å². The number of carbonyl (C=O) groups excluding carboxylic acids is 1. The van der Waals surface area contributed by atoms with Crippen LogP contribution in [0, 0.1) is 0 Å². The minimum absolute atomic E-state index is 0.152. The lowest BCUT2D eigenvalue weighted by Crippen LogP contribution is -2.53. The van der Waals surface area contributed by atoms with Gasteiger partial charge >= 0.3 is 12.0 Å². The van der Waals surface area contributed by atoms with Gasteiger partial charge in [0, 0.05) is 6.54 Å². The number of morpholine rings is 1. The Labute approximate surface area is 106 Å². The summed E-state index contributed by atoms with van der Waals surface area (Å²) in [7, 11) is 0. The number of carbonyl (C=O) groups is 2. The Morgan fingerprint density at radius 2 is 2.28 bits per heavy atom. The molecule has 104 valence electrons.